The summed E-state index contributed by atoms with van der Waals surface area (Å²) >= 11 is 0. The molecule has 5 nitrogen and oxygen atoms in total. The molecule has 3 rings (SSSR count). The van der Waals surface area contributed by atoms with Gasteiger partial charge in [0.1, 0.15) is 5.75 Å². The minimum atomic E-state index is 0.154. The van der Waals surface area contributed by atoms with Crippen molar-refractivity contribution < 1.29 is 14.4 Å². The van der Waals surface area contributed by atoms with Crippen LogP contribution in [0.3, 0.4) is 0 Å². The van der Waals surface area contributed by atoms with Crippen LogP contribution >= 0.6 is 0 Å². The standard InChI is InChI=1S/C23H31N3O2/c1-19(12-13-20-8-4-3-5-9-20)24-23(27)18-25-14-16-26(17-15-25)21-10-6-7-11-22(21)28-2/h3-11,19H,12-18H2,1-2H3,(H,24,27)/p+1/t19-/m0/s1. The molecular weight excluding hydrogens is 350 g/mol. The number of para-hydroxylation sites is 2. The number of methoxy groups -OCH3 is 1. The SMILES string of the molecule is COc1ccccc1N1CC[NH+](CC(=O)N[C@@H](C)CCc2ccccc2)CC1. The Morgan fingerprint density at radius 1 is 1.11 bits per heavy atom. The molecule has 150 valence electrons. The number of ether oxygens (including phenoxy) is 1. The number of rotatable bonds is 8. The van der Waals surface area contributed by atoms with E-state index in [0.717, 1.165) is 50.5 Å². The zero-order valence-electron chi connectivity index (χ0n) is 17.0. The number of aryl methyl sites for hydroxylation is 1. The van der Waals surface area contributed by atoms with Crippen LogP contribution in [0.1, 0.15) is 18.9 Å². The van der Waals surface area contributed by atoms with Gasteiger partial charge in [0.25, 0.3) is 5.91 Å². The molecular formula is C23H32N3O2+. The highest BCUT2D eigenvalue weighted by molar-refractivity contribution is 5.77. The highest BCUT2D eigenvalue weighted by Gasteiger charge is 2.24. The molecule has 1 heterocycles. The Balaban J connectivity index is 1.40. The van der Waals surface area contributed by atoms with Gasteiger partial charge in [0.15, 0.2) is 6.54 Å². The summed E-state index contributed by atoms with van der Waals surface area (Å²) < 4.78 is 5.48. The Hall–Kier alpha value is -2.53. The van der Waals surface area contributed by atoms with Gasteiger partial charge in [-0.3, -0.25) is 4.79 Å². The average molecular weight is 383 g/mol. The lowest BCUT2D eigenvalue weighted by Gasteiger charge is -2.34. The monoisotopic (exact) mass is 382 g/mol. The highest BCUT2D eigenvalue weighted by atomic mass is 16.5. The van der Waals surface area contributed by atoms with E-state index in [1.165, 1.54) is 10.5 Å². The molecule has 2 aromatic carbocycles. The van der Waals surface area contributed by atoms with Gasteiger partial charge in [0.05, 0.1) is 39.0 Å². The van der Waals surface area contributed by atoms with Gasteiger partial charge in [-0.2, -0.15) is 0 Å². The number of carbonyl (C=O) groups is 1. The van der Waals surface area contributed by atoms with Crippen LogP contribution in [-0.4, -0.2) is 51.8 Å². The van der Waals surface area contributed by atoms with Crippen molar-refractivity contribution in [2.45, 2.75) is 25.8 Å². The number of nitrogens with one attached hydrogen (secondary N) is 2. The normalized spacial score (nSPS) is 15.9. The molecule has 0 spiro atoms. The quantitative estimate of drug-likeness (QED) is 0.728. The van der Waals surface area contributed by atoms with Gasteiger partial charge in [-0.05, 0) is 37.5 Å². The Morgan fingerprint density at radius 3 is 2.50 bits per heavy atom. The third-order valence-corrected chi connectivity index (χ3v) is 5.42. The number of amides is 1. The van der Waals surface area contributed by atoms with Crippen LogP contribution in [0, 0.1) is 0 Å². The summed E-state index contributed by atoms with van der Waals surface area (Å²) in [5.74, 6) is 1.07. The molecule has 1 aliphatic rings. The first-order valence-electron chi connectivity index (χ1n) is 10.2. The first kappa shape index (κ1) is 20.2. The van der Waals surface area contributed by atoms with Crippen molar-refractivity contribution in [1.29, 1.82) is 0 Å². The summed E-state index contributed by atoms with van der Waals surface area (Å²) in [5.41, 5.74) is 2.46. The summed E-state index contributed by atoms with van der Waals surface area (Å²) in [5, 5.41) is 3.17. The molecule has 0 saturated carbocycles. The van der Waals surface area contributed by atoms with Gasteiger partial charge in [-0.1, -0.05) is 42.5 Å². The van der Waals surface area contributed by atoms with Crippen molar-refractivity contribution >= 4 is 11.6 Å². The molecule has 2 aromatic rings. The number of piperazine rings is 1. The Bertz CT molecular complexity index is 743. The number of hydrogen-bond donors (Lipinski definition) is 2. The van der Waals surface area contributed by atoms with Crippen LogP contribution in [0.25, 0.3) is 0 Å². The van der Waals surface area contributed by atoms with Crippen molar-refractivity contribution in [1.82, 2.24) is 5.32 Å². The van der Waals surface area contributed by atoms with E-state index in [0.29, 0.717) is 6.54 Å². The Morgan fingerprint density at radius 2 is 1.79 bits per heavy atom. The molecule has 0 bridgehead atoms. The molecule has 1 fully saturated rings. The number of carbonyl (C=O) groups excluding carboxylic acids is 1. The van der Waals surface area contributed by atoms with Crippen LogP contribution in [0.15, 0.2) is 54.6 Å². The van der Waals surface area contributed by atoms with E-state index in [-0.39, 0.29) is 11.9 Å². The first-order chi connectivity index (χ1) is 13.7. The third kappa shape index (κ3) is 5.73. The van der Waals surface area contributed by atoms with Gasteiger partial charge in [0.2, 0.25) is 0 Å². The zero-order valence-corrected chi connectivity index (χ0v) is 17.0. The summed E-state index contributed by atoms with van der Waals surface area (Å²) in [6.45, 7) is 6.44. The summed E-state index contributed by atoms with van der Waals surface area (Å²) in [6.07, 6.45) is 1.96. The van der Waals surface area contributed by atoms with E-state index in [4.69, 9.17) is 4.74 Å². The fourth-order valence-corrected chi connectivity index (χ4v) is 3.78. The first-order valence-corrected chi connectivity index (χ1v) is 10.2. The second-order valence-electron chi connectivity index (χ2n) is 7.58. The van der Waals surface area contributed by atoms with E-state index < -0.39 is 0 Å². The Kier molecular flexibility index (Phi) is 7.31. The van der Waals surface area contributed by atoms with Gasteiger partial charge < -0.3 is 19.9 Å². The maximum absolute atomic E-state index is 12.4. The third-order valence-electron chi connectivity index (χ3n) is 5.42. The van der Waals surface area contributed by atoms with Crippen molar-refractivity contribution in [3.8, 4) is 5.75 Å². The maximum Gasteiger partial charge on any atom is 0.275 e. The number of benzene rings is 2. The van der Waals surface area contributed by atoms with Gasteiger partial charge in [-0.25, -0.2) is 0 Å². The van der Waals surface area contributed by atoms with Gasteiger partial charge in [0, 0.05) is 6.04 Å². The van der Waals surface area contributed by atoms with Crippen molar-refractivity contribution in [2.24, 2.45) is 0 Å². The molecule has 5 heteroatoms. The van der Waals surface area contributed by atoms with Gasteiger partial charge in [-0.15, -0.1) is 0 Å². The molecule has 1 aliphatic heterocycles. The lowest BCUT2D eigenvalue weighted by Crippen LogP contribution is -3.16. The van der Waals surface area contributed by atoms with Crippen LogP contribution in [0.4, 0.5) is 5.69 Å². The van der Waals surface area contributed by atoms with Crippen molar-refractivity contribution in [3.63, 3.8) is 0 Å². The van der Waals surface area contributed by atoms with E-state index in [1.54, 1.807) is 7.11 Å². The summed E-state index contributed by atoms with van der Waals surface area (Å²) in [7, 11) is 1.71. The zero-order chi connectivity index (χ0) is 19.8. The molecule has 1 atom stereocenters. The molecule has 0 radical (unpaired) electrons. The predicted octanol–water partition coefficient (Wildman–Crippen LogP) is 1.54. The largest absolute Gasteiger partial charge is 0.495 e. The number of hydrogen-bond acceptors (Lipinski definition) is 3. The molecule has 2 N–H and O–H groups in total. The molecule has 28 heavy (non-hydrogen) atoms. The number of quaternary nitrogens is 1. The highest BCUT2D eigenvalue weighted by Crippen LogP contribution is 2.27. The smallest absolute Gasteiger partial charge is 0.275 e. The second kappa shape index (κ2) is 10.1. The van der Waals surface area contributed by atoms with Crippen LogP contribution in [0.2, 0.25) is 0 Å². The average Bonchev–Trinajstić information content (AvgIpc) is 2.73. The van der Waals surface area contributed by atoms with E-state index >= 15 is 0 Å². The predicted molar refractivity (Wildman–Crippen MR) is 113 cm³/mol. The fourth-order valence-electron chi connectivity index (χ4n) is 3.78. The number of nitrogens with zero attached hydrogens (tertiary/aromatic N) is 1. The van der Waals surface area contributed by atoms with Gasteiger partial charge >= 0.3 is 0 Å². The summed E-state index contributed by atoms with van der Waals surface area (Å²) in [4.78, 5) is 16.1. The van der Waals surface area contributed by atoms with Crippen molar-refractivity contribution in [2.75, 3.05) is 44.7 Å². The van der Waals surface area contributed by atoms with E-state index in [2.05, 4.69) is 47.5 Å². The van der Waals surface area contributed by atoms with Crippen molar-refractivity contribution in [3.05, 3.63) is 60.2 Å². The minimum absolute atomic E-state index is 0.154. The van der Waals surface area contributed by atoms with Crippen LogP contribution in [-0.2, 0) is 11.2 Å². The molecule has 0 aromatic heterocycles. The van der Waals surface area contributed by atoms with Crippen LogP contribution in [0.5, 0.6) is 5.75 Å². The van der Waals surface area contributed by atoms with E-state index in [9.17, 15) is 4.79 Å². The molecule has 1 saturated heterocycles. The van der Waals surface area contributed by atoms with E-state index in [1.807, 2.05) is 24.3 Å². The Labute approximate surface area is 168 Å². The molecule has 1 amide bonds. The maximum atomic E-state index is 12.4. The topological polar surface area (TPSA) is 46.0 Å². The second-order valence-corrected chi connectivity index (χ2v) is 7.58. The molecule has 0 aliphatic carbocycles. The molecule has 0 unspecified atom stereocenters. The lowest BCUT2D eigenvalue weighted by atomic mass is 10.1. The minimum Gasteiger partial charge on any atom is -0.495 e. The lowest BCUT2D eigenvalue weighted by molar-refractivity contribution is -0.892. The summed E-state index contributed by atoms with van der Waals surface area (Å²) in [6, 6.07) is 18.8. The number of anilines is 1. The fraction of sp³-hybridized carbons (Fsp3) is 0.435. The van der Waals surface area contributed by atoms with Crippen LogP contribution < -0.4 is 19.9 Å².